The Bertz CT molecular complexity index is 1130. The predicted molar refractivity (Wildman–Crippen MR) is 106 cm³/mol. The van der Waals surface area contributed by atoms with Crippen LogP contribution in [0.25, 0.3) is 11.1 Å². The van der Waals surface area contributed by atoms with Crippen molar-refractivity contribution < 1.29 is 27.1 Å². The van der Waals surface area contributed by atoms with Gasteiger partial charge in [-0.1, -0.05) is 17.7 Å². The molecule has 1 aromatic carbocycles. The molecule has 0 aliphatic carbocycles. The molecule has 30 heavy (non-hydrogen) atoms. The van der Waals surface area contributed by atoms with Crippen LogP contribution in [0.15, 0.2) is 27.6 Å². The van der Waals surface area contributed by atoms with Gasteiger partial charge in [0.15, 0.2) is 10.3 Å². The largest absolute Gasteiger partial charge is 0.440 e. The standard InChI is InChI=1S/C19H19ClF3N3O3S/c1-4-28-9-26-11(3)16(20)18(30-26)25-17(27)10(2)12-5-6-14-13(7-12)24-15(29-14)8-19(21,22)23/h5-7,10H,4,8-9H2,1-3H3. The number of oxazole rings is 1. The molecule has 0 spiro atoms. The van der Waals surface area contributed by atoms with Crippen LogP contribution in [0.2, 0.25) is 5.02 Å². The normalized spacial score (nSPS) is 13.9. The van der Waals surface area contributed by atoms with Crippen molar-refractivity contribution in [3.63, 3.8) is 0 Å². The zero-order valence-electron chi connectivity index (χ0n) is 16.4. The molecule has 0 saturated heterocycles. The number of nitrogens with zero attached hydrogens (tertiary/aromatic N) is 3. The Hall–Kier alpha value is -2.17. The number of ether oxygens (including phenoxy) is 1. The lowest BCUT2D eigenvalue weighted by Gasteiger charge is -2.06. The highest BCUT2D eigenvalue weighted by Crippen LogP contribution is 2.27. The van der Waals surface area contributed by atoms with Crippen molar-refractivity contribution in [2.75, 3.05) is 6.61 Å². The minimum atomic E-state index is -4.41. The van der Waals surface area contributed by atoms with Gasteiger partial charge >= 0.3 is 6.18 Å². The van der Waals surface area contributed by atoms with E-state index in [1.807, 2.05) is 13.8 Å². The van der Waals surface area contributed by atoms with Crippen LogP contribution in [0.1, 0.15) is 36.9 Å². The third-order valence-electron chi connectivity index (χ3n) is 4.38. The Labute approximate surface area is 179 Å². The molecule has 11 heteroatoms. The van der Waals surface area contributed by atoms with Crippen LogP contribution in [0.3, 0.4) is 0 Å². The van der Waals surface area contributed by atoms with E-state index >= 15 is 0 Å². The molecule has 1 amide bonds. The Morgan fingerprint density at radius 2 is 2.17 bits per heavy atom. The van der Waals surface area contributed by atoms with Gasteiger partial charge in [0.1, 0.15) is 18.7 Å². The van der Waals surface area contributed by atoms with Crippen LogP contribution in [0.5, 0.6) is 0 Å². The number of carbonyl (C=O) groups is 1. The molecule has 0 fully saturated rings. The molecular weight excluding hydrogens is 443 g/mol. The summed E-state index contributed by atoms with van der Waals surface area (Å²) in [7, 11) is 0. The molecule has 2 heterocycles. The highest BCUT2D eigenvalue weighted by molar-refractivity contribution is 7.04. The first kappa shape index (κ1) is 22.5. The third-order valence-corrected chi connectivity index (χ3v) is 6.01. The molecule has 1 atom stereocenters. The highest BCUT2D eigenvalue weighted by atomic mass is 35.5. The molecule has 0 aliphatic rings. The second-order valence-electron chi connectivity index (χ2n) is 6.59. The van der Waals surface area contributed by atoms with Gasteiger partial charge in [0.25, 0.3) is 5.91 Å². The number of hydrogen-bond donors (Lipinski definition) is 0. The number of amides is 1. The first-order chi connectivity index (χ1) is 14.1. The van der Waals surface area contributed by atoms with E-state index in [0.717, 1.165) is 5.69 Å². The molecule has 3 aromatic rings. The summed E-state index contributed by atoms with van der Waals surface area (Å²) in [6.45, 7) is 6.20. The maximum atomic E-state index is 12.7. The quantitative estimate of drug-likeness (QED) is 0.519. The van der Waals surface area contributed by atoms with Crippen LogP contribution in [-0.2, 0) is 22.7 Å². The van der Waals surface area contributed by atoms with E-state index in [9.17, 15) is 18.0 Å². The van der Waals surface area contributed by atoms with Crippen LogP contribution in [-0.4, -0.2) is 27.6 Å². The molecule has 6 nitrogen and oxygen atoms in total. The minimum Gasteiger partial charge on any atom is -0.440 e. The number of alkyl halides is 3. The number of aromatic nitrogens is 2. The van der Waals surface area contributed by atoms with Gasteiger partial charge in [-0.15, -0.1) is 0 Å². The Morgan fingerprint density at radius 1 is 1.43 bits per heavy atom. The Morgan fingerprint density at radius 3 is 2.83 bits per heavy atom. The summed E-state index contributed by atoms with van der Waals surface area (Å²) in [5, 5.41) is 0.379. The van der Waals surface area contributed by atoms with Crippen molar-refractivity contribution >= 4 is 40.1 Å². The number of halogens is 4. The van der Waals surface area contributed by atoms with E-state index in [2.05, 4.69) is 9.98 Å². The lowest BCUT2D eigenvalue weighted by atomic mass is 10.0. The number of hydrogen-bond acceptors (Lipinski definition) is 5. The van der Waals surface area contributed by atoms with Crippen LogP contribution in [0, 0.1) is 6.92 Å². The second-order valence-corrected chi connectivity index (χ2v) is 7.98. The number of benzene rings is 1. The molecular formula is C19H19ClF3N3O3S. The van der Waals surface area contributed by atoms with Crippen molar-refractivity contribution in [2.24, 2.45) is 4.99 Å². The molecule has 0 radical (unpaired) electrons. The SMILES string of the molecule is CCOCn1sc(=NC(=O)C(C)c2ccc3oc(CC(F)(F)F)nc3c2)c(Cl)c1C. The van der Waals surface area contributed by atoms with E-state index < -0.39 is 30.3 Å². The summed E-state index contributed by atoms with van der Waals surface area (Å²) in [5.74, 6) is -1.49. The lowest BCUT2D eigenvalue weighted by Crippen LogP contribution is -2.11. The third kappa shape index (κ3) is 5.11. The number of rotatable bonds is 6. The second kappa shape index (κ2) is 8.91. The van der Waals surface area contributed by atoms with Crippen molar-refractivity contribution in [1.29, 1.82) is 0 Å². The number of carbonyl (C=O) groups excluding carboxylic acids is 1. The van der Waals surface area contributed by atoms with Gasteiger partial charge in [-0.3, -0.25) is 8.75 Å². The summed E-state index contributed by atoms with van der Waals surface area (Å²) in [6.07, 6.45) is -5.66. The number of fused-ring (bicyclic) bond motifs is 1. The zero-order chi connectivity index (χ0) is 22.1. The van der Waals surface area contributed by atoms with Gasteiger partial charge in [0.05, 0.1) is 10.9 Å². The van der Waals surface area contributed by atoms with Gasteiger partial charge in [-0.05, 0) is 50.0 Å². The first-order valence-electron chi connectivity index (χ1n) is 9.07. The first-order valence-corrected chi connectivity index (χ1v) is 10.2. The van der Waals surface area contributed by atoms with Gasteiger partial charge in [0.2, 0.25) is 5.89 Å². The fourth-order valence-corrected chi connectivity index (χ4v) is 3.91. The molecule has 0 N–H and O–H groups in total. The van der Waals surface area contributed by atoms with Crippen LogP contribution in [0.4, 0.5) is 13.2 Å². The molecule has 2 aromatic heterocycles. The zero-order valence-corrected chi connectivity index (χ0v) is 18.0. The summed E-state index contributed by atoms with van der Waals surface area (Å²) < 4.78 is 50.3. The van der Waals surface area contributed by atoms with Crippen molar-refractivity contribution in [2.45, 2.75) is 46.0 Å². The van der Waals surface area contributed by atoms with Crippen molar-refractivity contribution in [1.82, 2.24) is 8.94 Å². The molecule has 3 rings (SSSR count). The molecule has 0 saturated carbocycles. The molecule has 0 bridgehead atoms. The van der Waals surface area contributed by atoms with Gasteiger partial charge in [0, 0.05) is 12.3 Å². The van der Waals surface area contributed by atoms with Crippen LogP contribution < -0.4 is 4.67 Å². The fraction of sp³-hybridized carbons (Fsp3) is 0.421. The Balaban J connectivity index is 1.85. The maximum Gasteiger partial charge on any atom is 0.397 e. The van der Waals surface area contributed by atoms with E-state index in [-0.39, 0.29) is 11.1 Å². The van der Waals surface area contributed by atoms with Crippen molar-refractivity contribution in [3.8, 4) is 0 Å². The topological polar surface area (TPSA) is 69.6 Å². The fourth-order valence-electron chi connectivity index (χ4n) is 2.69. The Kier molecular flexibility index (Phi) is 6.68. The lowest BCUT2D eigenvalue weighted by molar-refractivity contribution is -0.130. The molecule has 1 unspecified atom stereocenters. The maximum absolute atomic E-state index is 12.7. The summed E-state index contributed by atoms with van der Waals surface area (Å²) in [4.78, 5) is 20.7. The van der Waals surface area contributed by atoms with E-state index in [4.69, 9.17) is 20.8 Å². The minimum absolute atomic E-state index is 0.225. The summed E-state index contributed by atoms with van der Waals surface area (Å²) in [6, 6.07) is 4.65. The average Bonchev–Trinajstić information content (AvgIpc) is 3.18. The van der Waals surface area contributed by atoms with E-state index in [1.165, 1.54) is 23.7 Å². The molecule has 162 valence electrons. The summed E-state index contributed by atoms with van der Waals surface area (Å²) in [5.41, 5.74) is 1.79. The van der Waals surface area contributed by atoms with Gasteiger partial charge < -0.3 is 9.15 Å². The molecule has 0 aliphatic heterocycles. The van der Waals surface area contributed by atoms with Crippen molar-refractivity contribution in [3.05, 3.63) is 45.0 Å². The predicted octanol–water partition coefficient (Wildman–Crippen LogP) is 4.98. The smallest absolute Gasteiger partial charge is 0.397 e. The highest BCUT2D eigenvalue weighted by Gasteiger charge is 2.30. The van der Waals surface area contributed by atoms with E-state index in [0.29, 0.717) is 28.6 Å². The average molecular weight is 462 g/mol. The van der Waals surface area contributed by atoms with Crippen LogP contribution >= 0.6 is 23.1 Å². The van der Waals surface area contributed by atoms with Gasteiger partial charge in [-0.2, -0.15) is 18.2 Å². The van der Waals surface area contributed by atoms with E-state index in [1.54, 1.807) is 16.9 Å². The monoisotopic (exact) mass is 461 g/mol. The van der Waals surface area contributed by atoms with Gasteiger partial charge in [-0.25, -0.2) is 4.98 Å². The summed E-state index contributed by atoms with van der Waals surface area (Å²) >= 11 is 7.51.